The monoisotopic (exact) mass is 259 g/mol. The fourth-order valence-electron chi connectivity index (χ4n) is 3.35. The summed E-state index contributed by atoms with van der Waals surface area (Å²) < 4.78 is 0. The molecule has 1 unspecified atom stereocenters. The Balaban J connectivity index is 1.70. The van der Waals surface area contributed by atoms with Gasteiger partial charge in [0.1, 0.15) is 0 Å². The summed E-state index contributed by atoms with van der Waals surface area (Å²) in [5.74, 6) is 0. The first-order valence-corrected chi connectivity index (χ1v) is 7.50. The lowest BCUT2D eigenvalue weighted by atomic mass is 10.1. The molecule has 0 amide bonds. The third-order valence-corrected chi connectivity index (χ3v) is 4.45. The topological polar surface area (TPSA) is 18.5 Å². The van der Waals surface area contributed by atoms with Crippen molar-refractivity contribution in [3.63, 3.8) is 0 Å². The molecule has 1 atom stereocenters. The fourth-order valence-corrected chi connectivity index (χ4v) is 3.35. The van der Waals surface area contributed by atoms with Crippen molar-refractivity contribution in [2.45, 2.75) is 32.4 Å². The second-order valence-corrected chi connectivity index (χ2v) is 6.10. The average Bonchev–Trinajstić information content (AvgIpc) is 2.78. The van der Waals surface area contributed by atoms with Gasteiger partial charge in [-0.2, -0.15) is 0 Å². The van der Waals surface area contributed by atoms with Crippen molar-refractivity contribution >= 4 is 5.69 Å². The molecule has 3 heteroatoms. The van der Waals surface area contributed by atoms with Crippen molar-refractivity contribution in [1.82, 2.24) is 9.80 Å². The molecule has 1 aromatic rings. The lowest BCUT2D eigenvalue weighted by Crippen LogP contribution is -2.37. The maximum atomic E-state index is 3.44. The van der Waals surface area contributed by atoms with Crippen LogP contribution < -0.4 is 5.32 Å². The van der Waals surface area contributed by atoms with Gasteiger partial charge >= 0.3 is 0 Å². The van der Waals surface area contributed by atoms with E-state index in [1.165, 1.54) is 49.3 Å². The van der Waals surface area contributed by atoms with E-state index in [4.69, 9.17) is 0 Å². The summed E-state index contributed by atoms with van der Waals surface area (Å²) in [6.07, 6.45) is 2.47. The molecule has 2 heterocycles. The van der Waals surface area contributed by atoms with E-state index in [0.717, 1.165) is 13.1 Å². The van der Waals surface area contributed by atoms with Crippen LogP contribution in [-0.4, -0.2) is 49.1 Å². The van der Waals surface area contributed by atoms with Crippen molar-refractivity contribution in [3.8, 4) is 0 Å². The number of hydrogen-bond donors (Lipinski definition) is 1. The number of likely N-dealkylation sites (N-methyl/N-ethyl adjacent to an activating group) is 1. The van der Waals surface area contributed by atoms with E-state index in [-0.39, 0.29) is 0 Å². The van der Waals surface area contributed by atoms with Gasteiger partial charge in [0.2, 0.25) is 0 Å². The summed E-state index contributed by atoms with van der Waals surface area (Å²) in [7, 11) is 2.24. The third kappa shape index (κ3) is 2.93. The van der Waals surface area contributed by atoms with Gasteiger partial charge < -0.3 is 10.2 Å². The van der Waals surface area contributed by atoms with Gasteiger partial charge in [-0.05, 0) is 50.6 Å². The molecule has 2 aliphatic heterocycles. The Morgan fingerprint density at radius 2 is 2.21 bits per heavy atom. The summed E-state index contributed by atoms with van der Waals surface area (Å²) in [6, 6.07) is 7.60. The van der Waals surface area contributed by atoms with Crippen LogP contribution in [0.2, 0.25) is 0 Å². The fraction of sp³-hybridized carbons (Fsp3) is 0.625. The lowest BCUT2D eigenvalue weighted by Gasteiger charge is -2.28. The highest BCUT2D eigenvalue weighted by molar-refractivity contribution is 5.56. The first kappa shape index (κ1) is 12.9. The highest BCUT2D eigenvalue weighted by Crippen LogP contribution is 2.24. The van der Waals surface area contributed by atoms with E-state index in [9.17, 15) is 0 Å². The Morgan fingerprint density at radius 3 is 3.11 bits per heavy atom. The van der Waals surface area contributed by atoms with Gasteiger partial charge in [-0.1, -0.05) is 12.1 Å². The number of fused-ring (bicyclic) bond motifs is 1. The molecule has 1 saturated heterocycles. The third-order valence-electron chi connectivity index (χ3n) is 4.45. The van der Waals surface area contributed by atoms with Crippen LogP contribution in [0.3, 0.4) is 0 Å². The molecular formula is C16H25N3. The van der Waals surface area contributed by atoms with E-state index in [2.05, 4.69) is 47.3 Å². The second-order valence-electron chi connectivity index (χ2n) is 6.10. The zero-order valence-electron chi connectivity index (χ0n) is 12.2. The number of nitrogens with one attached hydrogen (secondary N) is 1. The van der Waals surface area contributed by atoms with Gasteiger partial charge in [0.25, 0.3) is 0 Å². The Labute approximate surface area is 116 Å². The number of benzene rings is 1. The van der Waals surface area contributed by atoms with E-state index in [0.29, 0.717) is 6.04 Å². The normalized spacial score (nSPS) is 24.8. The molecular weight excluding hydrogens is 234 g/mol. The number of nitrogens with zero attached hydrogens (tertiary/aromatic N) is 2. The molecule has 0 radical (unpaired) electrons. The molecule has 104 valence electrons. The lowest BCUT2D eigenvalue weighted by molar-refractivity contribution is 0.194. The van der Waals surface area contributed by atoms with Crippen LogP contribution in [0.5, 0.6) is 0 Å². The van der Waals surface area contributed by atoms with Gasteiger partial charge in [-0.3, -0.25) is 4.90 Å². The molecule has 3 nitrogen and oxygen atoms in total. The summed E-state index contributed by atoms with van der Waals surface area (Å²) in [4.78, 5) is 5.09. The first-order valence-electron chi connectivity index (χ1n) is 7.50. The Bertz CT molecular complexity index is 444. The van der Waals surface area contributed by atoms with Crippen molar-refractivity contribution in [1.29, 1.82) is 0 Å². The molecule has 0 aromatic heterocycles. The summed E-state index contributed by atoms with van der Waals surface area (Å²) in [6.45, 7) is 8.20. The van der Waals surface area contributed by atoms with Crippen LogP contribution in [0.25, 0.3) is 0 Å². The van der Waals surface area contributed by atoms with E-state index in [1.807, 2.05) is 0 Å². The smallest absolute Gasteiger partial charge is 0.0373 e. The Kier molecular flexibility index (Phi) is 3.76. The van der Waals surface area contributed by atoms with Gasteiger partial charge in [-0.25, -0.2) is 0 Å². The van der Waals surface area contributed by atoms with Crippen LogP contribution in [-0.2, 0) is 13.0 Å². The Hall–Kier alpha value is -1.06. The molecule has 1 aromatic carbocycles. The number of hydrogen-bond acceptors (Lipinski definition) is 3. The maximum absolute atomic E-state index is 3.44. The predicted molar refractivity (Wildman–Crippen MR) is 80.6 cm³/mol. The van der Waals surface area contributed by atoms with E-state index >= 15 is 0 Å². The molecule has 3 rings (SSSR count). The summed E-state index contributed by atoms with van der Waals surface area (Å²) in [5.41, 5.74) is 4.31. The molecule has 1 N–H and O–H groups in total. The van der Waals surface area contributed by atoms with Crippen molar-refractivity contribution in [2.75, 3.05) is 38.5 Å². The molecule has 0 spiro atoms. The zero-order valence-corrected chi connectivity index (χ0v) is 12.2. The number of anilines is 1. The molecule has 0 bridgehead atoms. The SMILES string of the molecule is CC1CN(C)CCCN1Cc1ccc2c(c1)CCN2. The molecule has 2 aliphatic rings. The van der Waals surface area contributed by atoms with Crippen LogP contribution >= 0.6 is 0 Å². The van der Waals surface area contributed by atoms with Crippen molar-refractivity contribution in [3.05, 3.63) is 29.3 Å². The zero-order chi connectivity index (χ0) is 13.2. The second kappa shape index (κ2) is 5.51. The minimum absolute atomic E-state index is 0.652. The molecule has 0 saturated carbocycles. The summed E-state index contributed by atoms with van der Waals surface area (Å²) >= 11 is 0. The first-order chi connectivity index (χ1) is 9.22. The highest BCUT2D eigenvalue weighted by atomic mass is 15.2. The minimum atomic E-state index is 0.652. The van der Waals surface area contributed by atoms with Gasteiger partial charge in [0.05, 0.1) is 0 Å². The van der Waals surface area contributed by atoms with Crippen LogP contribution in [0.1, 0.15) is 24.5 Å². The predicted octanol–water partition coefficient (Wildman–Crippen LogP) is 2.18. The van der Waals surface area contributed by atoms with E-state index in [1.54, 1.807) is 0 Å². The molecule has 19 heavy (non-hydrogen) atoms. The summed E-state index contributed by atoms with van der Waals surface area (Å²) in [5, 5.41) is 3.44. The van der Waals surface area contributed by atoms with Crippen LogP contribution in [0.15, 0.2) is 18.2 Å². The van der Waals surface area contributed by atoms with Gasteiger partial charge in [0.15, 0.2) is 0 Å². The average molecular weight is 259 g/mol. The largest absolute Gasteiger partial charge is 0.384 e. The number of rotatable bonds is 2. The minimum Gasteiger partial charge on any atom is -0.384 e. The van der Waals surface area contributed by atoms with E-state index < -0.39 is 0 Å². The highest BCUT2D eigenvalue weighted by Gasteiger charge is 2.20. The maximum Gasteiger partial charge on any atom is 0.0373 e. The Morgan fingerprint density at radius 1 is 1.32 bits per heavy atom. The van der Waals surface area contributed by atoms with Crippen molar-refractivity contribution < 1.29 is 0 Å². The van der Waals surface area contributed by atoms with Gasteiger partial charge in [0, 0.05) is 37.9 Å². The standard InChI is InChI=1S/C16H25N3/c1-13-11-18(2)8-3-9-19(13)12-14-4-5-16-15(10-14)6-7-17-16/h4-5,10,13,17H,3,6-9,11-12H2,1-2H3. The van der Waals surface area contributed by atoms with Crippen LogP contribution in [0, 0.1) is 0 Å². The molecule has 1 fully saturated rings. The quantitative estimate of drug-likeness (QED) is 0.878. The van der Waals surface area contributed by atoms with Crippen LogP contribution in [0.4, 0.5) is 5.69 Å². The van der Waals surface area contributed by atoms with Gasteiger partial charge in [-0.15, -0.1) is 0 Å². The molecule has 0 aliphatic carbocycles. The van der Waals surface area contributed by atoms with Crippen molar-refractivity contribution in [2.24, 2.45) is 0 Å².